The Morgan fingerprint density at radius 1 is 1.41 bits per heavy atom. The van der Waals surface area contributed by atoms with E-state index in [4.69, 9.17) is 11.6 Å². The minimum atomic E-state index is -0.768. The summed E-state index contributed by atoms with van der Waals surface area (Å²) in [7, 11) is 0. The first-order valence-corrected chi connectivity index (χ1v) is 5.85. The van der Waals surface area contributed by atoms with Gasteiger partial charge in [0.2, 0.25) is 0 Å². The third-order valence-electron chi connectivity index (χ3n) is 2.95. The summed E-state index contributed by atoms with van der Waals surface area (Å²) in [5.41, 5.74) is 0.0344. The summed E-state index contributed by atoms with van der Waals surface area (Å²) in [6.07, 6.45) is 4.18. The molecule has 0 amide bonds. The van der Waals surface area contributed by atoms with E-state index in [0.29, 0.717) is 5.69 Å². The van der Waals surface area contributed by atoms with E-state index in [1.165, 1.54) is 6.07 Å². The molecule has 0 heterocycles. The molecule has 0 spiro atoms. The van der Waals surface area contributed by atoms with Gasteiger partial charge >= 0.3 is 0 Å². The third-order valence-corrected chi connectivity index (χ3v) is 3.24. The minimum absolute atomic E-state index is 0.101. The molecule has 1 N–H and O–H groups in total. The van der Waals surface area contributed by atoms with Gasteiger partial charge < -0.3 is 5.32 Å². The van der Waals surface area contributed by atoms with E-state index in [-0.39, 0.29) is 16.8 Å². The number of hydrogen-bond donors (Lipinski definition) is 1. The van der Waals surface area contributed by atoms with Crippen molar-refractivity contribution in [2.24, 2.45) is 0 Å². The molecule has 2 rings (SSSR count). The number of nitro benzene ring substituents is 1. The molecule has 17 heavy (non-hydrogen) atoms. The molecule has 0 radical (unpaired) electrons. The topological polar surface area (TPSA) is 55.2 Å². The van der Waals surface area contributed by atoms with Crippen molar-refractivity contribution in [2.75, 3.05) is 5.32 Å². The van der Waals surface area contributed by atoms with E-state index in [1.54, 1.807) is 0 Å². The van der Waals surface area contributed by atoms with E-state index in [0.717, 1.165) is 31.7 Å². The SMILES string of the molecule is O=[N+]([O-])c1cc(F)c(Cl)cc1NC1CCCC1. The average Bonchev–Trinajstić information content (AvgIpc) is 2.75. The van der Waals surface area contributed by atoms with Crippen LogP contribution in [0.4, 0.5) is 15.8 Å². The lowest BCUT2D eigenvalue weighted by Crippen LogP contribution is -2.15. The molecular weight excluding hydrogens is 247 g/mol. The van der Waals surface area contributed by atoms with E-state index in [9.17, 15) is 14.5 Å². The summed E-state index contributed by atoms with van der Waals surface area (Å²) in [5.74, 6) is -0.768. The van der Waals surface area contributed by atoms with Crippen LogP contribution >= 0.6 is 11.6 Å². The highest BCUT2D eigenvalue weighted by Crippen LogP contribution is 2.32. The number of rotatable bonds is 3. The van der Waals surface area contributed by atoms with Gasteiger partial charge in [0.15, 0.2) is 0 Å². The van der Waals surface area contributed by atoms with Gasteiger partial charge in [-0.1, -0.05) is 24.4 Å². The fraction of sp³-hybridized carbons (Fsp3) is 0.455. The predicted octanol–water partition coefficient (Wildman–Crippen LogP) is 3.74. The quantitative estimate of drug-likeness (QED) is 0.664. The normalized spacial score (nSPS) is 16.1. The third kappa shape index (κ3) is 2.66. The molecule has 4 nitrogen and oxygen atoms in total. The maximum Gasteiger partial charge on any atom is 0.295 e. The van der Waals surface area contributed by atoms with E-state index in [1.807, 2.05) is 0 Å². The first kappa shape index (κ1) is 12.1. The highest BCUT2D eigenvalue weighted by molar-refractivity contribution is 6.31. The number of benzene rings is 1. The lowest BCUT2D eigenvalue weighted by molar-refractivity contribution is -0.384. The minimum Gasteiger partial charge on any atom is -0.377 e. The van der Waals surface area contributed by atoms with Crippen LogP contribution in [-0.2, 0) is 0 Å². The van der Waals surface area contributed by atoms with Crippen molar-refractivity contribution in [3.8, 4) is 0 Å². The highest BCUT2D eigenvalue weighted by Gasteiger charge is 2.22. The maximum absolute atomic E-state index is 13.2. The molecule has 0 unspecified atom stereocenters. The van der Waals surface area contributed by atoms with Crippen molar-refractivity contribution in [1.29, 1.82) is 0 Å². The molecule has 1 aliphatic rings. The Bertz CT molecular complexity index is 447. The summed E-state index contributed by atoms with van der Waals surface area (Å²) in [4.78, 5) is 10.2. The van der Waals surface area contributed by atoms with Gasteiger partial charge in [-0.25, -0.2) is 4.39 Å². The Hall–Kier alpha value is -1.36. The van der Waals surface area contributed by atoms with Gasteiger partial charge in [0, 0.05) is 6.04 Å². The van der Waals surface area contributed by atoms with Gasteiger partial charge in [0.1, 0.15) is 11.5 Å². The zero-order valence-corrected chi connectivity index (χ0v) is 9.84. The second kappa shape index (κ2) is 4.87. The molecule has 0 atom stereocenters. The Morgan fingerprint density at radius 3 is 2.65 bits per heavy atom. The van der Waals surface area contributed by atoms with E-state index < -0.39 is 10.7 Å². The molecule has 1 saturated carbocycles. The lowest BCUT2D eigenvalue weighted by atomic mass is 10.2. The molecule has 92 valence electrons. The van der Waals surface area contributed by atoms with Crippen LogP contribution in [-0.4, -0.2) is 11.0 Å². The molecule has 0 bridgehead atoms. The summed E-state index contributed by atoms with van der Waals surface area (Å²) >= 11 is 5.64. The Morgan fingerprint density at radius 2 is 2.06 bits per heavy atom. The van der Waals surface area contributed by atoms with Crippen LogP contribution in [0, 0.1) is 15.9 Å². The number of nitrogens with zero attached hydrogens (tertiary/aromatic N) is 1. The zero-order chi connectivity index (χ0) is 12.4. The number of nitro groups is 1. The van der Waals surface area contributed by atoms with Crippen molar-refractivity contribution >= 4 is 23.0 Å². The summed E-state index contributed by atoms with van der Waals surface area (Å²) in [6, 6.07) is 2.36. The molecule has 1 aromatic carbocycles. The molecule has 0 aromatic heterocycles. The Labute approximate surface area is 103 Å². The molecule has 1 aliphatic carbocycles. The van der Waals surface area contributed by atoms with Crippen molar-refractivity contribution in [1.82, 2.24) is 0 Å². The van der Waals surface area contributed by atoms with Crippen LogP contribution in [0.15, 0.2) is 12.1 Å². The van der Waals surface area contributed by atoms with Gasteiger partial charge in [-0.3, -0.25) is 10.1 Å². The standard InChI is InChI=1S/C11H12ClFN2O2/c12-8-5-10(14-7-3-1-2-4-7)11(15(16)17)6-9(8)13/h5-7,14H,1-4H2. The maximum atomic E-state index is 13.2. The Kier molecular flexibility index (Phi) is 3.47. The molecule has 0 aliphatic heterocycles. The van der Waals surface area contributed by atoms with Crippen molar-refractivity contribution in [3.63, 3.8) is 0 Å². The predicted molar refractivity (Wildman–Crippen MR) is 63.9 cm³/mol. The molecule has 6 heteroatoms. The first-order chi connectivity index (χ1) is 8.08. The van der Waals surface area contributed by atoms with Crippen molar-refractivity contribution in [2.45, 2.75) is 31.7 Å². The second-order valence-electron chi connectivity index (χ2n) is 4.17. The molecule has 0 saturated heterocycles. The zero-order valence-electron chi connectivity index (χ0n) is 9.08. The van der Waals surface area contributed by atoms with E-state index in [2.05, 4.69) is 5.32 Å². The van der Waals surface area contributed by atoms with Crippen LogP contribution < -0.4 is 5.32 Å². The van der Waals surface area contributed by atoms with Crippen LogP contribution in [0.25, 0.3) is 0 Å². The second-order valence-corrected chi connectivity index (χ2v) is 4.57. The molecule has 1 fully saturated rings. The summed E-state index contributed by atoms with van der Waals surface area (Å²) < 4.78 is 13.2. The van der Waals surface area contributed by atoms with Gasteiger partial charge in [-0.05, 0) is 18.9 Å². The van der Waals surface area contributed by atoms with Gasteiger partial charge in [-0.15, -0.1) is 0 Å². The van der Waals surface area contributed by atoms with Gasteiger partial charge in [-0.2, -0.15) is 0 Å². The van der Waals surface area contributed by atoms with Crippen LogP contribution in [0.2, 0.25) is 5.02 Å². The summed E-state index contributed by atoms with van der Waals surface area (Å²) in [6.45, 7) is 0. The van der Waals surface area contributed by atoms with Gasteiger partial charge in [0.05, 0.1) is 16.0 Å². The monoisotopic (exact) mass is 258 g/mol. The van der Waals surface area contributed by atoms with Crippen LogP contribution in [0.3, 0.4) is 0 Å². The number of hydrogen-bond acceptors (Lipinski definition) is 3. The first-order valence-electron chi connectivity index (χ1n) is 5.48. The number of halogens is 2. The smallest absolute Gasteiger partial charge is 0.295 e. The molecular formula is C11H12ClFN2O2. The largest absolute Gasteiger partial charge is 0.377 e. The van der Waals surface area contributed by atoms with Gasteiger partial charge in [0.25, 0.3) is 5.69 Å². The fourth-order valence-electron chi connectivity index (χ4n) is 2.09. The lowest BCUT2D eigenvalue weighted by Gasteiger charge is -2.13. The van der Waals surface area contributed by atoms with Crippen LogP contribution in [0.1, 0.15) is 25.7 Å². The summed E-state index contributed by atoms with van der Waals surface area (Å²) in [5, 5.41) is 13.8. The van der Waals surface area contributed by atoms with Crippen molar-refractivity contribution < 1.29 is 9.31 Å². The average molecular weight is 259 g/mol. The Balaban J connectivity index is 2.29. The van der Waals surface area contributed by atoms with E-state index >= 15 is 0 Å². The number of anilines is 1. The molecule has 1 aromatic rings. The highest BCUT2D eigenvalue weighted by atomic mass is 35.5. The van der Waals surface area contributed by atoms with Crippen molar-refractivity contribution in [3.05, 3.63) is 33.1 Å². The number of nitrogens with one attached hydrogen (secondary N) is 1. The fourth-order valence-corrected chi connectivity index (χ4v) is 2.26. The van der Waals surface area contributed by atoms with Crippen LogP contribution in [0.5, 0.6) is 0 Å².